The SMILES string of the molecule is O=C(c1ccc(OC(F)F)cc1)N1CCCN(Cc2cccs2)CC1. The van der Waals surface area contributed by atoms with Crippen molar-refractivity contribution in [3.8, 4) is 5.75 Å². The van der Waals surface area contributed by atoms with Crippen molar-refractivity contribution in [2.45, 2.75) is 19.6 Å². The van der Waals surface area contributed by atoms with Crippen LogP contribution in [0.3, 0.4) is 0 Å². The fourth-order valence-electron chi connectivity index (χ4n) is 2.92. The maximum atomic E-state index is 12.6. The number of hydrogen-bond acceptors (Lipinski definition) is 4. The van der Waals surface area contributed by atoms with Crippen molar-refractivity contribution in [2.75, 3.05) is 26.2 Å². The largest absolute Gasteiger partial charge is 0.435 e. The normalized spacial score (nSPS) is 16.0. The molecule has 0 saturated carbocycles. The molecule has 0 unspecified atom stereocenters. The summed E-state index contributed by atoms with van der Waals surface area (Å²) in [5.41, 5.74) is 0.494. The summed E-state index contributed by atoms with van der Waals surface area (Å²) in [6.07, 6.45) is 0.920. The summed E-state index contributed by atoms with van der Waals surface area (Å²) < 4.78 is 28.7. The zero-order valence-electron chi connectivity index (χ0n) is 13.7. The molecule has 0 aliphatic carbocycles. The average Bonchev–Trinajstić information content (AvgIpc) is 2.99. The minimum absolute atomic E-state index is 0.0598. The van der Waals surface area contributed by atoms with E-state index in [0.717, 1.165) is 26.1 Å². The first-order valence-electron chi connectivity index (χ1n) is 8.21. The van der Waals surface area contributed by atoms with Gasteiger partial charge in [0.05, 0.1) is 0 Å². The predicted octanol–water partition coefficient (Wildman–Crippen LogP) is 3.70. The van der Waals surface area contributed by atoms with Crippen molar-refractivity contribution in [3.63, 3.8) is 0 Å². The molecule has 7 heteroatoms. The van der Waals surface area contributed by atoms with E-state index in [1.165, 1.54) is 29.1 Å². The second-order valence-electron chi connectivity index (χ2n) is 5.90. The van der Waals surface area contributed by atoms with Crippen LogP contribution >= 0.6 is 11.3 Å². The van der Waals surface area contributed by atoms with E-state index >= 15 is 0 Å². The van der Waals surface area contributed by atoms with Gasteiger partial charge >= 0.3 is 6.61 Å². The zero-order chi connectivity index (χ0) is 17.6. The molecule has 134 valence electrons. The highest BCUT2D eigenvalue weighted by molar-refractivity contribution is 7.09. The average molecular weight is 366 g/mol. The Morgan fingerprint density at radius 2 is 1.92 bits per heavy atom. The molecule has 1 fully saturated rings. The number of rotatable bonds is 5. The second kappa shape index (κ2) is 8.40. The summed E-state index contributed by atoms with van der Waals surface area (Å²) >= 11 is 1.75. The molecule has 2 aromatic rings. The van der Waals surface area contributed by atoms with Gasteiger partial charge < -0.3 is 9.64 Å². The number of benzene rings is 1. The van der Waals surface area contributed by atoms with Crippen LogP contribution in [0.2, 0.25) is 0 Å². The van der Waals surface area contributed by atoms with Gasteiger partial charge in [-0.25, -0.2) is 0 Å². The number of hydrogen-bond donors (Lipinski definition) is 0. The number of amides is 1. The summed E-state index contributed by atoms with van der Waals surface area (Å²) in [4.78, 5) is 18.1. The van der Waals surface area contributed by atoms with Gasteiger partial charge in [-0.05, 0) is 42.1 Å². The molecule has 2 heterocycles. The molecule has 0 bridgehead atoms. The van der Waals surface area contributed by atoms with Crippen molar-refractivity contribution in [1.82, 2.24) is 9.80 Å². The highest BCUT2D eigenvalue weighted by Gasteiger charge is 2.20. The minimum atomic E-state index is -2.86. The highest BCUT2D eigenvalue weighted by Crippen LogP contribution is 2.18. The summed E-state index contributed by atoms with van der Waals surface area (Å²) in [5, 5.41) is 2.07. The van der Waals surface area contributed by atoms with Gasteiger partial charge in [-0.3, -0.25) is 9.69 Å². The quantitative estimate of drug-likeness (QED) is 0.809. The molecule has 1 amide bonds. The second-order valence-corrected chi connectivity index (χ2v) is 6.94. The van der Waals surface area contributed by atoms with Crippen molar-refractivity contribution in [2.24, 2.45) is 0 Å². The van der Waals surface area contributed by atoms with Crippen LogP contribution in [0.5, 0.6) is 5.75 Å². The molecule has 4 nitrogen and oxygen atoms in total. The first-order valence-corrected chi connectivity index (χ1v) is 9.08. The third-order valence-corrected chi connectivity index (χ3v) is 5.02. The molecule has 1 aromatic heterocycles. The van der Waals surface area contributed by atoms with Gasteiger partial charge in [0.1, 0.15) is 5.75 Å². The van der Waals surface area contributed by atoms with Gasteiger partial charge in [-0.2, -0.15) is 8.78 Å². The molecule has 3 rings (SSSR count). The van der Waals surface area contributed by atoms with E-state index < -0.39 is 6.61 Å². The van der Waals surface area contributed by atoms with Crippen LogP contribution in [0.15, 0.2) is 41.8 Å². The molecule has 0 atom stereocenters. The van der Waals surface area contributed by atoms with Crippen LogP contribution in [0.4, 0.5) is 8.78 Å². The van der Waals surface area contributed by atoms with E-state index in [9.17, 15) is 13.6 Å². The molecule has 0 N–H and O–H groups in total. The Labute approximate surface area is 149 Å². The Kier molecular flexibility index (Phi) is 5.99. The number of thiophene rings is 1. The first-order chi connectivity index (χ1) is 12.1. The highest BCUT2D eigenvalue weighted by atomic mass is 32.1. The number of halogens is 2. The Hall–Kier alpha value is -1.99. The first kappa shape index (κ1) is 17.8. The van der Waals surface area contributed by atoms with E-state index in [0.29, 0.717) is 18.7 Å². The lowest BCUT2D eigenvalue weighted by molar-refractivity contribution is -0.0498. The Morgan fingerprint density at radius 3 is 2.60 bits per heavy atom. The number of carbonyl (C=O) groups is 1. The van der Waals surface area contributed by atoms with Gasteiger partial charge in [0.2, 0.25) is 0 Å². The third kappa shape index (κ3) is 4.99. The van der Waals surface area contributed by atoms with Gasteiger partial charge in [0, 0.05) is 43.2 Å². The number of alkyl halides is 2. The van der Waals surface area contributed by atoms with Crippen LogP contribution < -0.4 is 4.74 Å². The lowest BCUT2D eigenvalue weighted by Crippen LogP contribution is -2.35. The van der Waals surface area contributed by atoms with Crippen LogP contribution in [-0.2, 0) is 6.54 Å². The minimum Gasteiger partial charge on any atom is -0.435 e. The van der Waals surface area contributed by atoms with Gasteiger partial charge in [0.15, 0.2) is 0 Å². The van der Waals surface area contributed by atoms with Crippen molar-refractivity contribution in [3.05, 3.63) is 52.2 Å². The Morgan fingerprint density at radius 1 is 1.12 bits per heavy atom. The summed E-state index contributed by atoms with van der Waals surface area (Å²) in [6.45, 7) is 1.22. The third-order valence-electron chi connectivity index (χ3n) is 4.16. The fraction of sp³-hybridized carbons (Fsp3) is 0.389. The molecule has 0 spiro atoms. The zero-order valence-corrected chi connectivity index (χ0v) is 14.6. The number of nitrogens with zero attached hydrogens (tertiary/aromatic N) is 2. The standard InChI is InChI=1S/C18H20F2N2O2S/c19-18(20)24-15-6-4-14(5-7-15)17(23)22-9-2-8-21(10-11-22)13-16-3-1-12-25-16/h1,3-7,12,18H,2,8-11,13H2. The fourth-order valence-corrected chi connectivity index (χ4v) is 3.66. The Bertz CT molecular complexity index is 677. The molecule has 1 aliphatic heterocycles. The molecule has 1 aromatic carbocycles. The lowest BCUT2D eigenvalue weighted by Gasteiger charge is -2.22. The van der Waals surface area contributed by atoms with E-state index in [2.05, 4.69) is 27.1 Å². The van der Waals surface area contributed by atoms with E-state index in [4.69, 9.17) is 0 Å². The molecule has 0 radical (unpaired) electrons. The topological polar surface area (TPSA) is 32.8 Å². The predicted molar refractivity (Wildman–Crippen MR) is 93.2 cm³/mol. The summed E-state index contributed by atoms with van der Waals surface area (Å²) in [5.74, 6) is -0.00823. The van der Waals surface area contributed by atoms with Crippen LogP contribution in [0, 0.1) is 0 Å². The number of carbonyl (C=O) groups excluding carboxylic acids is 1. The van der Waals surface area contributed by atoms with Crippen LogP contribution in [0.25, 0.3) is 0 Å². The summed E-state index contributed by atoms with van der Waals surface area (Å²) in [7, 11) is 0. The number of ether oxygens (including phenoxy) is 1. The van der Waals surface area contributed by atoms with E-state index in [1.54, 1.807) is 11.3 Å². The summed E-state index contributed by atoms with van der Waals surface area (Å²) in [6, 6.07) is 10.1. The van der Waals surface area contributed by atoms with Gasteiger partial charge in [-0.15, -0.1) is 11.3 Å². The van der Waals surface area contributed by atoms with Gasteiger partial charge in [-0.1, -0.05) is 6.07 Å². The van der Waals surface area contributed by atoms with Crippen molar-refractivity contribution >= 4 is 17.2 Å². The van der Waals surface area contributed by atoms with Crippen LogP contribution in [-0.4, -0.2) is 48.5 Å². The monoisotopic (exact) mass is 366 g/mol. The van der Waals surface area contributed by atoms with E-state index in [-0.39, 0.29) is 11.7 Å². The maximum absolute atomic E-state index is 12.6. The smallest absolute Gasteiger partial charge is 0.387 e. The molecule has 25 heavy (non-hydrogen) atoms. The molecular formula is C18H20F2N2O2S. The van der Waals surface area contributed by atoms with Crippen molar-refractivity contribution < 1.29 is 18.3 Å². The van der Waals surface area contributed by atoms with Crippen molar-refractivity contribution in [1.29, 1.82) is 0 Å². The molecule has 1 saturated heterocycles. The van der Waals surface area contributed by atoms with Crippen LogP contribution in [0.1, 0.15) is 21.7 Å². The maximum Gasteiger partial charge on any atom is 0.387 e. The Balaban J connectivity index is 1.57. The lowest BCUT2D eigenvalue weighted by atomic mass is 10.2. The molecule has 1 aliphatic rings. The molecular weight excluding hydrogens is 346 g/mol. The van der Waals surface area contributed by atoms with Gasteiger partial charge in [0.25, 0.3) is 5.91 Å². The van der Waals surface area contributed by atoms with E-state index in [1.807, 2.05) is 4.90 Å².